The van der Waals surface area contributed by atoms with Gasteiger partial charge in [-0.25, -0.2) is 0 Å². The highest BCUT2D eigenvalue weighted by atomic mass is 127. The van der Waals surface area contributed by atoms with Crippen molar-refractivity contribution in [2.45, 2.75) is 57.8 Å². The minimum atomic E-state index is -0.471. The van der Waals surface area contributed by atoms with E-state index in [9.17, 15) is 9.59 Å². The summed E-state index contributed by atoms with van der Waals surface area (Å²) < 4.78 is 19.5. The highest BCUT2D eigenvalue weighted by molar-refractivity contribution is 14.1. The van der Waals surface area contributed by atoms with Crippen LogP contribution in [-0.2, 0) is 25.5 Å². The third-order valence-electron chi connectivity index (χ3n) is 3.02. The molecule has 0 spiro atoms. The summed E-state index contributed by atoms with van der Waals surface area (Å²) >= 11 is 2.34. The Kier molecular flexibility index (Phi) is 13.0. The smallest absolute Gasteiger partial charge is 0.318 e. The van der Waals surface area contributed by atoms with Crippen LogP contribution in [0.2, 0.25) is 0 Å². The zero-order chi connectivity index (χ0) is 22.6. The fourth-order valence-electron chi connectivity index (χ4n) is 1.83. The Hall–Kier alpha value is -2.05. The predicted octanol–water partition coefficient (Wildman–Crippen LogP) is 3.21. The van der Waals surface area contributed by atoms with E-state index in [2.05, 4.69) is 70.7 Å². The van der Waals surface area contributed by atoms with Crippen molar-refractivity contribution in [1.29, 1.82) is 0 Å². The molecule has 0 radical (unpaired) electrons. The van der Waals surface area contributed by atoms with Gasteiger partial charge in [-0.05, 0) is 19.8 Å². The first-order valence-corrected chi connectivity index (χ1v) is 10.1. The molecule has 0 fully saturated rings. The topological polar surface area (TPSA) is 130 Å². The zero-order valence-electron chi connectivity index (χ0n) is 18.1. The summed E-state index contributed by atoms with van der Waals surface area (Å²) in [7, 11) is 2.66. The molecule has 0 amide bonds. The number of hydrogen-bond donors (Lipinski definition) is 0. The fourth-order valence-corrected chi connectivity index (χ4v) is 1.83. The first-order chi connectivity index (χ1) is 13.5. The van der Waals surface area contributed by atoms with Crippen molar-refractivity contribution in [3.8, 4) is 0 Å². The monoisotopic (exact) mass is 524 g/mol. The molecule has 0 aromatic carbocycles. The van der Waals surface area contributed by atoms with Gasteiger partial charge in [0.05, 0.1) is 14.2 Å². The first kappa shape index (κ1) is 27.0. The Morgan fingerprint density at radius 1 is 0.966 bits per heavy atom. The predicted molar refractivity (Wildman–Crippen MR) is 113 cm³/mol. The lowest BCUT2D eigenvalue weighted by atomic mass is 9.96. The summed E-state index contributed by atoms with van der Waals surface area (Å²) in [5.41, 5.74) is 0. The molecule has 2 aromatic heterocycles. The van der Waals surface area contributed by atoms with Crippen molar-refractivity contribution < 1.29 is 28.1 Å². The second kappa shape index (κ2) is 14.0. The van der Waals surface area contributed by atoms with Gasteiger partial charge in [-0.3, -0.25) is 9.59 Å². The quantitative estimate of drug-likeness (QED) is 0.327. The standard InChI is InChI=1S/C9H14N2O3.C6H8N2O3.C3H7I/c1-5(2)7(9(12)13-4)8-10-6(3)11-14-8;1-4-7-5(11-8-4)3-6(9)10-2;1-3(2)4/h5,7H,1-4H3;3H2,1-2H3;3H,1-2H3. The summed E-state index contributed by atoms with van der Waals surface area (Å²) in [6.45, 7) is 11.5. The van der Waals surface area contributed by atoms with E-state index < -0.39 is 5.92 Å². The largest absolute Gasteiger partial charge is 0.469 e. The summed E-state index contributed by atoms with van der Waals surface area (Å²) in [4.78, 5) is 29.9. The minimum absolute atomic E-state index is 0.0390. The minimum Gasteiger partial charge on any atom is -0.469 e. The van der Waals surface area contributed by atoms with Crippen LogP contribution in [-0.4, -0.2) is 50.4 Å². The van der Waals surface area contributed by atoms with Gasteiger partial charge >= 0.3 is 11.9 Å². The molecule has 29 heavy (non-hydrogen) atoms. The molecule has 0 N–H and O–H groups in total. The van der Waals surface area contributed by atoms with Crippen LogP contribution in [0.3, 0.4) is 0 Å². The maximum absolute atomic E-state index is 11.4. The van der Waals surface area contributed by atoms with Crippen LogP contribution in [0.4, 0.5) is 0 Å². The van der Waals surface area contributed by atoms with Gasteiger partial charge in [-0.2, -0.15) is 9.97 Å². The average molecular weight is 524 g/mol. The van der Waals surface area contributed by atoms with Crippen molar-refractivity contribution in [2.24, 2.45) is 5.92 Å². The normalized spacial score (nSPS) is 11.1. The van der Waals surface area contributed by atoms with Gasteiger partial charge in [0.25, 0.3) is 0 Å². The van der Waals surface area contributed by atoms with Crippen molar-refractivity contribution in [2.75, 3.05) is 14.2 Å². The van der Waals surface area contributed by atoms with Gasteiger partial charge in [0.15, 0.2) is 11.6 Å². The molecular formula is C18H29IN4O6. The molecule has 10 nitrogen and oxygen atoms in total. The van der Waals surface area contributed by atoms with E-state index in [4.69, 9.17) is 4.52 Å². The highest BCUT2D eigenvalue weighted by Gasteiger charge is 2.30. The van der Waals surface area contributed by atoms with E-state index in [-0.39, 0.29) is 30.2 Å². The number of carbonyl (C=O) groups excluding carboxylic acids is 2. The molecule has 0 aliphatic rings. The highest BCUT2D eigenvalue weighted by Crippen LogP contribution is 2.24. The maximum Gasteiger partial charge on any atom is 0.318 e. The lowest BCUT2D eigenvalue weighted by Crippen LogP contribution is -2.19. The van der Waals surface area contributed by atoms with Gasteiger partial charge in [0.1, 0.15) is 12.3 Å². The fraction of sp³-hybridized carbons (Fsp3) is 0.667. The van der Waals surface area contributed by atoms with Gasteiger partial charge in [-0.1, -0.05) is 60.6 Å². The molecule has 1 unspecified atom stereocenters. The second-order valence-corrected chi connectivity index (χ2v) is 8.92. The van der Waals surface area contributed by atoms with Crippen molar-refractivity contribution >= 4 is 34.5 Å². The maximum atomic E-state index is 11.4. The number of aryl methyl sites for hydroxylation is 2. The zero-order valence-corrected chi connectivity index (χ0v) is 20.2. The van der Waals surface area contributed by atoms with E-state index in [0.717, 1.165) is 3.92 Å². The van der Waals surface area contributed by atoms with Crippen LogP contribution in [0.5, 0.6) is 0 Å². The third kappa shape index (κ3) is 11.5. The lowest BCUT2D eigenvalue weighted by Gasteiger charge is -2.13. The summed E-state index contributed by atoms with van der Waals surface area (Å²) in [5.74, 6) is 0.526. The Morgan fingerprint density at radius 3 is 1.83 bits per heavy atom. The Morgan fingerprint density at radius 2 is 1.48 bits per heavy atom. The van der Waals surface area contributed by atoms with Crippen LogP contribution in [0.25, 0.3) is 0 Å². The number of methoxy groups -OCH3 is 2. The third-order valence-corrected chi connectivity index (χ3v) is 3.02. The van der Waals surface area contributed by atoms with E-state index in [1.165, 1.54) is 14.2 Å². The summed E-state index contributed by atoms with van der Waals surface area (Å²) in [6, 6.07) is 0. The van der Waals surface area contributed by atoms with Crippen LogP contribution in [0.15, 0.2) is 9.05 Å². The lowest BCUT2D eigenvalue weighted by molar-refractivity contribution is -0.144. The first-order valence-electron chi connectivity index (χ1n) is 8.89. The molecule has 164 valence electrons. The van der Waals surface area contributed by atoms with Gasteiger partial charge in [-0.15, -0.1) is 0 Å². The second-order valence-electron chi connectivity index (χ2n) is 6.43. The molecule has 0 saturated carbocycles. The summed E-state index contributed by atoms with van der Waals surface area (Å²) in [5, 5.41) is 7.15. The molecule has 0 aliphatic carbocycles. The number of aromatic nitrogens is 4. The number of nitrogens with zero attached hydrogens (tertiary/aromatic N) is 4. The van der Waals surface area contributed by atoms with Crippen LogP contribution < -0.4 is 0 Å². The molecule has 11 heteroatoms. The number of ether oxygens (including phenoxy) is 2. The van der Waals surface area contributed by atoms with Gasteiger partial charge < -0.3 is 18.5 Å². The molecule has 0 saturated heterocycles. The van der Waals surface area contributed by atoms with Crippen molar-refractivity contribution in [1.82, 2.24) is 20.3 Å². The molecule has 2 heterocycles. The van der Waals surface area contributed by atoms with Crippen molar-refractivity contribution in [3.63, 3.8) is 0 Å². The Bertz CT molecular complexity index is 742. The molecule has 2 aromatic rings. The Balaban J connectivity index is 0.000000466. The van der Waals surface area contributed by atoms with E-state index >= 15 is 0 Å². The molecule has 0 bridgehead atoms. The number of hydrogen-bond acceptors (Lipinski definition) is 10. The molecule has 2 rings (SSSR count). The number of alkyl halides is 1. The Labute approximate surface area is 184 Å². The van der Waals surface area contributed by atoms with E-state index in [0.29, 0.717) is 17.5 Å². The van der Waals surface area contributed by atoms with E-state index in [1.54, 1.807) is 13.8 Å². The van der Waals surface area contributed by atoms with Gasteiger partial charge in [0, 0.05) is 3.92 Å². The molecule has 0 aliphatic heterocycles. The number of carbonyl (C=O) groups is 2. The van der Waals surface area contributed by atoms with E-state index in [1.807, 2.05) is 13.8 Å². The number of esters is 2. The molecule has 1 atom stereocenters. The van der Waals surface area contributed by atoms with Gasteiger partial charge in [0.2, 0.25) is 11.8 Å². The average Bonchev–Trinajstić information content (AvgIpc) is 3.22. The molecular weight excluding hydrogens is 495 g/mol. The van der Waals surface area contributed by atoms with Crippen LogP contribution in [0, 0.1) is 19.8 Å². The van der Waals surface area contributed by atoms with Crippen molar-refractivity contribution in [3.05, 3.63) is 23.4 Å². The van der Waals surface area contributed by atoms with Crippen LogP contribution in [0.1, 0.15) is 57.0 Å². The number of halogens is 1. The SMILES string of the molecule is CC(C)I.COC(=O)C(c1nc(C)no1)C(C)C.COC(=O)Cc1nc(C)no1. The summed E-state index contributed by atoms with van der Waals surface area (Å²) in [6.07, 6.45) is 0.0390. The number of rotatable bonds is 5. The van der Waals surface area contributed by atoms with Crippen LogP contribution >= 0.6 is 22.6 Å².